The van der Waals surface area contributed by atoms with Crippen LogP contribution in [-0.2, 0) is 0 Å². The standard InChI is InChI=1S/C24H19ClN2O3/c1-29-18-12-8-15(9-13-18)20-14-21-19-4-2-3-5-22(19)30-24(27(21)26-20)23(28)16-6-10-17(25)11-7-16/h2-13,21,24H,14H2,1H3. The molecule has 2 aliphatic heterocycles. The molecule has 0 radical (unpaired) electrons. The van der Waals surface area contributed by atoms with Gasteiger partial charge in [-0.3, -0.25) is 4.79 Å². The van der Waals surface area contributed by atoms with Crippen LogP contribution in [0.3, 0.4) is 0 Å². The van der Waals surface area contributed by atoms with E-state index in [1.807, 2.05) is 48.5 Å². The van der Waals surface area contributed by atoms with Crippen molar-refractivity contribution in [2.45, 2.75) is 18.7 Å². The fourth-order valence-corrected chi connectivity index (χ4v) is 4.05. The number of Topliss-reactive ketones (excluding diaryl/α,β-unsaturated/α-hetero) is 1. The van der Waals surface area contributed by atoms with E-state index in [4.69, 9.17) is 26.2 Å². The number of halogens is 1. The van der Waals surface area contributed by atoms with Crippen LogP contribution in [0.2, 0.25) is 5.02 Å². The Balaban J connectivity index is 1.53. The van der Waals surface area contributed by atoms with Crippen LogP contribution in [0, 0.1) is 0 Å². The number of hydrogen-bond acceptors (Lipinski definition) is 5. The molecule has 0 amide bonds. The van der Waals surface area contributed by atoms with E-state index < -0.39 is 6.23 Å². The van der Waals surface area contributed by atoms with Crippen LogP contribution in [0.4, 0.5) is 0 Å². The highest BCUT2D eigenvalue weighted by Crippen LogP contribution is 2.43. The maximum absolute atomic E-state index is 13.3. The Morgan fingerprint density at radius 3 is 2.53 bits per heavy atom. The molecule has 30 heavy (non-hydrogen) atoms. The van der Waals surface area contributed by atoms with Gasteiger partial charge in [0.05, 0.1) is 18.9 Å². The summed E-state index contributed by atoms with van der Waals surface area (Å²) in [6.45, 7) is 0. The van der Waals surface area contributed by atoms with Gasteiger partial charge in [-0.05, 0) is 60.2 Å². The van der Waals surface area contributed by atoms with Crippen molar-refractivity contribution in [3.8, 4) is 11.5 Å². The summed E-state index contributed by atoms with van der Waals surface area (Å²) >= 11 is 5.98. The molecule has 0 N–H and O–H groups in total. The van der Waals surface area contributed by atoms with E-state index in [1.54, 1.807) is 36.4 Å². The normalized spacial score (nSPS) is 19.4. The highest BCUT2D eigenvalue weighted by molar-refractivity contribution is 6.30. The molecule has 2 unspecified atom stereocenters. The first-order chi connectivity index (χ1) is 14.6. The average Bonchev–Trinajstić information content (AvgIpc) is 3.24. The molecule has 0 fully saturated rings. The Bertz CT molecular complexity index is 1130. The van der Waals surface area contributed by atoms with E-state index in [0.717, 1.165) is 28.3 Å². The number of hydrazone groups is 1. The third-order valence-corrected chi connectivity index (χ3v) is 5.73. The van der Waals surface area contributed by atoms with E-state index in [9.17, 15) is 4.79 Å². The van der Waals surface area contributed by atoms with Crippen molar-refractivity contribution in [1.29, 1.82) is 0 Å². The fourth-order valence-electron chi connectivity index (χ4n) is 3.92. The van der Waals surface area contributed by atoms with Gasteiger partial charge in [-0.2, -0.15) is 5.10 Å². The lowest BCUT2D eigenvalue weighted by Crippen LogP contribution is -2.45. The zero-order valence-electron chi connectivity index (χ0n) is 16.3. The van der Waals surface area contributed by atoms with Crippen LogP contribution in [0.15, 0.2) is 77.9 Å². The lowest BCUT2D eigenvalue weighted by Gasteiger charge is -2.37. The second-order valence-electron chi connectivity index (χ2n) is 7.25. The molecular formula is C24H19ClN2O3. The van der Waals surface area contributed by atoms with Gasteiger partial charge in [0.15, 0.2) is 0 Å². The molecule has 3 aromatic carbocycles. The summed E-state index contributed by atoms with van der Waals surface area (Å²) in [6, 6.07) is 22.4. The Hall–Kier alpha value is -3.31. The van der Waals surface area contributed by atoms with Crippen molar-refractivity contribution in [2.24, 2.45) is 5.10 Å². The molecule has 0 bridgehead atoms. The Labute approximate surface area is 179 Å². The number of carbonyl (C=O) groups is 1. The van der Waals surface area contributed by atoms with Crippen LogP contribution in [0.5, 0.6) is 11.5 Å². The molecule has 5 rings (SSSR count). The van der Waals surface area contributed by atoms with Crippen LogP contribution >= 0.6 is 11.6 Å². The van der Waals surface area contributed by atoms with Crippen LogP contribution in [0.25, 0.3) is 0 Å². The quantitative estimate of drug-likeness (QED) is 0.553. The summed E-state index contributed by atoms with van der Waals surface area (Å²) in [4.78, 5) is 13.3. The number of para-hydroxylation sites is 1. The van der Waals surface area contributed by atoms with Crippen LogP contribution in [-0.4, -0.2) is 29.8 Å². The third kappa shape index (κ3) is 3.21. The molecule has 0 aliphatic carbocycles. The lowest BCUT2D eigenvalue weighted by atomic mass is 9.96. The van der Waals surface area contributed by atoms with Gasteiger partial charge in [0, 0.05) is 22.6 Å². The minimum atomic E-state index is -0.832. The predicted molar refractivity (Wildman–Crippen MR) is 115 cm³/mol. The molecule has 150 valence electrons. The fraction of sp³-hybridized carbons (Fsp3) is 0.167. The molecular weight excluding hydrogens is 400 g/mol. The van der Waals surface area contributed by atoms with Crippen molar-refractivity contribution in [3.05, 3.63) is 94.5 Å². The van der Waals surface area contributed by atoms with E-state index in [2.05, 4.69) is 0 Å². The van der Waals surface area contributed by atoms with E-state index >= 15 is 0 Å². The van der Waals surface area contributed by atoms with Gasteiger partial charge >= 0.3 is 0 Å². The second-order valence-corrected chi connectivity index (χ2v) is 7.69. The third-order valence-electron chi connectivity index (χ3n) is 5.48. The van der Waals surface area contributed by atoms with Gasteiger partial charge in [-0.1, -0.05) is 29.8 Å². The molecule has 2 aliphatic rings. The molecule has 0 saturated heterocycles. The number of rotatable bonds is 4. The van der Waals surface area contributed by atoms with E-state index in [0.29, 0.717) is 17.0 Å². The van der Waals surface area contributed by atoms with Crippen molar-refractivity contribution in [1.82, 2.24) is 5.01 Å². The molecule has 0 saturated carbocycles. The monoisotopic (exact) mass is 418 g/mol. The van der Waals surface area contributed by atoms with Gasteiger partial charge < -0.3 is 9.47 Å². The SMILES string of the molecule is COc1ccc(C2=NN3C(C(=O)c4ccc(Cl)cc4)Oc4ccccc4C3C2)cc1. The Morgan fingerprint density at radius 1 is 1.07 bits per heavy atom. The summed E-state index contributed by atoms with van der Waals surface area (Å²) in [5, 5.41) is 7.19. The molecule has 6 heteroatoms. The van der Waals surface area contributed by atoms with Gasteiger partial charge in [-0.25, -0.2) is 5.01 Å². The van der Waals surface area contributed by atoms with Gasteiger partial charge in [-0.15, -0.1) is 0 Å². The largest absolute Gasteiger partial charge is 0.497 e. The van der Waals surface area contributed by atoms with Crippen molar-refractivity contribution >= 4 is 23.1 Å². The minimum absolute atomic E-state index is 0.0618. The molecule has 0 spiro atoms. The van der Waals surface area contributed by atoms with Crippen molar-refractivity contribution in [2.75, 3.05) is 7.11 Å². The first kappa shape index (κ1) is 18.7. The molecule has 0 aromatic heterocycles. The summed E-state index contributed by atoms with van der Waals surface area (Å²) in [6.07, 6.45) is -0.140. The number of nitrogens with zero attached hydrogens (tertiary/aromatic N) is 2. The number of methoxy groups -OCH3 is 1. The van der Waals surface area contributed by atoms with E-state index in [-0.39, 0.29) is 11.8 Å². The smallest absolute Gasteiger partial charge is 0.251 e. The van der Waals surface area contributed by atoms with Crippen LogP contribution < -0.4 is 9.47 Å². The number of hydrogen-bond donors (Lipinski definition) is 0. The maximum Gasteiger partial charge on any atom is 0.251 e. The van der Waals surface area contributed by atoms with Crippen LogP contribution in [0.1, 0.15) is 33.9 Å². The summed E-state index contributed by atoms with van der Waals surface area (Å²) < 4.78 is 11.4. The van der Waals surface area contributed by atoms with Crippen molar-refractivity contribution < 1.29 is 14.3 Å². The molecule has 2 heterocycles. The minimum Gasteiger partial charge on any atom is -0.497 e. The summed E-state index contributed by atoms with van der Waals surface area (Å²) in [7, 11) is 1.64. The van der Waals surface area contributed by atoms with Gasteiger partial charge in [0.1, 0.15) is 11.5 Å². The number of ketones is 1. The van der Waals surface area contributed by atoms with E-state index in [1.165, 1.54) is 0 Å². The first-order valence-corrected chi connectivity index (χ1v) is 10.1. The Kier molecular flexibility index (Phi) is 4.68. The second kappa shape index (κ2) is 7.50. The highest BCUT2D eigenvalue weighted by Gasteiger charge is 2.43. The van der Waals surface area contributed by atoms with Gasteiger partial charge in [0.2, 0.25) is 5.78 Å². The zero-order chi connectivity index (χ0) is 20.7. The number of ether oxygens (including phenoxy) is 2. The number of benzene rings is 3. The first-order valence-electron chi connectivity index (χ1n) is 9.69. The lowest BCUT2D eigenvalue weighted by molar-refractivity contribution is -0.00455. The maximum atomic E-state index is 13.3. The molecule has 5 nitrogen and oxygen atoms in total. The van der Waals surface area contributed by atoms with Crippen molar-refractivity contribution in [3.63, 3.8) is 0 Å². The summed E-state index contributed by atoms with van der Waals surface area (Å²) in [5.41, 5.74) is 3.48. The van der Waals surface area contributed by atoms with Gasteiger partial charge in [0.25, 0.3) is 6.23 Å². The molecule has 3 aromatic rings. The highest BCUT2D eigenvalue weighted by atomic mass is 35.5. The zero-order valence-corrected chi connectivity index (χ0v) is 17.0. The number of fused-ring (bicyclic) bond motifs is 3. The average molecular weight is 419 g/mol. The summed E-state index contributed by atoms with van der Waals surface area (Å²) in [5.74, 6) is 1.36. The number of carbonyl (C=O) groups excluding carboxylic acids is 1. The molecule has 2 atom stereocenters. The predicted octanol–water partition coefficient (Wildman–Crippen LogP) is 5.10. The topological polar surface area (TPSA) is 51.1 Å². The Morgan fingerprint density at radius 2 is 1.80 bits per heavy atom.